The van der Waals surface area contributed by atoms with E-state index >= 15 is 0 Å². The highest BCUT2D eigenvalue weighted by Gasteiger charge is 2.50. The maximum atomic E-state index is 13.5. The number of hydrogen-bond acceptors (Lipinski definition) is 7. The summed E-state index contributed by atoms with van der Waals surface area (Å²) in [5, 5.41) is 19.0. The van der Waals surface area contributed by atoms with E-state index in [0.717, 1.165) is 40.7 Å². The summed E-state index contributed by atoms with van der Waals surface area (Å²) in [6.07, 6.45) is 1.90. The Morgan fingerprint density at radius 1 is 0.949 bits per heavy atom. The molecule has 39 heavy (non-hydrogen) atoms. The molecule has 1 aliphatic carbocycles. The molecule has 8 nitrogen and oxygen atoms in total. The van der Waals surface area contributed by atoms with Gasteiger partial charge >= 0.3 is 0 Å². The summed E-state index contributed by atoms with van der Waals surface area (Å²) in [5.74, 6) is 1.54. The van der Waals surface area contributed by atoms with Crippen LogP contribution in [0.3, 0.4) is 0 Å². The van der Waals surface area contributed by atoms with Gasteiger partial charge in [-0.25, -0.2) is 13.1 Å². The minimum absolute atomic E-state index is 0.0720. The lowest BCUT2D eigenvalue weighted by Crippen LogP contribution is -2.51. The average molecular weight is 552 g/mol. The number of rotatable bonds is 10. The number of aryl methyl sites for hydroxylation is 2. The number of carbonyl (C=O) groups is 1. The fraction of sp³-hybridized carbons (Fsp3) is 0.367. The standard InChI is InChI=1S/C30H33NO7S/c1-19-4-5-21(14-28(34)30(10-11-30)23-7-8-25-26(15-23)38-18-37-25)13-24(19)22-6-9-27(20(2)12-22)39(35,36)31-29(3,16-32)17-33/h4-9,12-13,15,31-33H,10-11,14,16-18H2,1-3H3. The maximum Gasteiger partial charge on any atom is 0.241 e. The van der Waals surface area contributed by atoms with Crippen LogP contribution in [-0.2, 0) is 26.7 Å². The van der Waals surface area contributed by atoms with E-state index in [0.29, 0.717) is 17.1 Å². The van der Waals surface area contributed by atoms with E-state index in [1.54, 1.807) is 19.1 Å². The van der Waals surface area contributed by atoms with E-state index in [2.05, 4.69) is 4.72 Å². The summed E-state index contributed by atoms with van der Waals surface area (Å²) >= 11 is 0. The third kappa shape index (κ3) is 5.19. The van der Waals surface area contributed by atoms with Gasteiger partial charge in [0.25, 0.3) is 0 Å². The molecule has 0 atom stereocenters. The zero-order valence-corrected chi connectivity index (χ0v) is 23.1. The van der Waals surface area contributed by atoms with E-state index in [1.165, 1.54) is 13.0 Å². The zero-order valence-electron chi connectivity index (χ0n) is 22.3. The first-order valence-corrected chi connectivity index (χ1v) is 14.4. The van der Waals surface area contributed by atoms with Gasteiger partial charge in [-0.05, 0) is 85.2 Å². The number of aliphatic hydroxyl groups is 2. The van der Waals surface area contributed by atoms with Crippen molar-refractivity contribution in [1.82, 2.24) is 4.72 Å². The zero-order chi connectivity index (χ0) is 28.0. The molecule has 0 saturated heterocycles. The van der Waals surface area contributed by atoms with Gasteiger partial charge < -0.3 is 19.7 Å². The van der Waals surface area contributed by atoms with E-state index in [-0.39, 0.29) is 23.9 Å². The molecule has 0 unspecified atom stereocenters. The fourth-order valence-electron chi connectivity index (χ4n) is 5.10. The Kier molecular flexibility index (Phi) is 7.05. The number of fused-ring (bicyclic) bond motifs is 1. The van der Waals surface area contributed by atoms with Crippen molar-refractivity contribution in [3.63, 3.8) is 0 Å². The molecule has 0 aromatic heterocycles. The van der Waals surface area contributed by atoms with Gasteiger partial charge in [0.05, 0.1) is 29.1 Å². The number of nitrogens with one attached hydrogen (secondary N) is 1. The van der Waals surface area contributed by atoms with E-state index in [9.17, 15) is 23.4 Å². The summed E-state index contributed by atoms with van der Waals surface area (Å²) in [4.78, 5) is 13.6. The second-order valence-electron chi connectivity index (χ2n) is 10.9. The number of Topliss-reactive ketones (excluding diaryl/α,β-unsaturated/α-hetero) is 1. The Morgan fingerprint density at radius 3 is 2.33 bits per heavy atom. The van der Waals surface area contributed by atoms with Crippen molar-refractivity contribution in [3.8, 4) is 22.6 Å². The van der Waals surface area contributed by atoms with Crippen molar-refractivity contribution in [2.75, 3.05) is 20.0 Å². The topological polar surface area (TPSA) is 122 Å². The fourth-order valence-corrected chi connectivity index (χ4v) is 6.72. The number of sulfonamides is 1. The number of hydrogen-bond donors (Lipinski definition) is 3. The first-order chi connectivity index (χ1) is 18.5. The van der Waals surface area contributed by atoms with Crippen LogP contribution in [0.5, 0.6) is 11.5 Å². The van der Waals surface area contributed by atoms with Gasteiger partial charge in [0, 0.05) is 6.42 Å². The third-order valence-corrected chi connectivity index (χ3v) is 9.53. The lowest BCUT2D eigenvalue weighted by molar-refractivity contribution is -0.120. The van der Waals surface area contributed by atoms with Crippen LogP contribution in [0.1, 0.15) is 42.0 Å². The summed E-state index contributed by atoms with van der Waals surface area (Å²) in [6.45, 7) is 4.23. The molecule has 3 aromatic rings. The maximum absolute atomic E-state index is 13.5. The van der Waals surface area contributed by atoms with Gasteiger partial charge in [0.15, 0.2) is 11.5 Å². The smallest absolute Gasteiger partial charge is 0.241 e. The minimum atomic E-state index is -3.98. The molecule has 0 bridgehead atoms. The Balaban J connectivity index is 1.38. The Hall–Kier alpha value is -3.24. The van der Waals surface area contributed by atoms with Crippen LogP contribution in [0.25, 0.3) is 11.1 Å². The van der Waals surface area contributed by atoms with Crippen molar-refractivity contribution >= 4 is 15.8 Å². The molecule has 0 spiro atoms. The van der Waals surface area contributed by atoms with E-state index in [4.69, 9.17) is 9.47 Å². The molecule has 3 aromatic carbocycles. The highest BCUT2D eigenvalue weighted by Crippen LogP contribution is 2.51. The van der Waals surface area contributed by atoms with Crippen LogP contribution in [-0.4, -0.2) is 50.0 Å². The first kappa shape index (κ1) is 27.3. The monoisotopic (exact) mass is 551 g/mol. The molecule has 3 N–H and O–H groups in total. The SMILES string of the molecule is Cc1ccc(CC(=O)C2(c3ccc4c(c3)OCO4)CC2)cc1-c1ccc(S(=O)(=O)NC(C)(CO)CO)c(C)c1. The van der Waals surface area contributed by atoms with Crippen molar-refractivity contribution in [1.29, 1.82) is 0 Å². The van der Waals surface area contributed by atoms with E-state index in [1.807, 2.05) is 43.3 Å². The van der Waals surface area contributed by atoms with Gasteiger partial charge in [-0.15, -0.1) is 0 Å². The van der Waals surface area contributed by atoms with Gasteiger partial charge in [-0.2, -0.15) is 0 Å². The van der Waals surface area contributed by atoms with Gasteiger partial charge in [-0.3, -0.25) is 4.79 Å². The minimum Gasteiger partial charge on any atom is -0.454 e. The third-order valence-electron chi connectivity index (χ3n) is 7.73. The lowest BCUT2D eigenvalue weighted by Gasteiger charge is -2.26. The van der Waals surface area contributed by atoms with Crippen LogP contribution >= 0.6 is 0 Å². The summed E-state index contributed by atoms with van der Waals surface area (Å²) in [6, 6.07) is 16.7. The molecule has 9 heteroatoms. The van der Waals surface area contributed by atoms with Crippen molar-refractivity contribution < 1.29 is 32.9 Å². The quantitative estimate of drug-likeness (QED) is 0.352. The van der Waals surface area contributed by atoms with E-state index < -0.39 is 34.2 Å². The number of ketones is 1. The molecule has 1 fully saturated rings. The highest BCUT2D eigenvalue weighted by atomic mass is 32.2. The molecule has 1 heterocycles. The molecule has 1 aliphatic heterocycles. The Morgan fingerprint density at radius 2 is 1.67 bits per heavy atom. The Bertz CT molecular complexity index is 1540. The van der Waals surface area contributed by atoms with Gasteiger partial charge in [-0.1, -0.05) is 36.4 Å². The summed E-state index contributed by atoms with van der Waals surface area (Å²) in [5.41, 5.74) is 3.27. The molecular weight excluding hydrogens is 518 g/mol. The number of ether oxygens (including phenoxy) is 2. The number of aliphatic hydroxyl groups excluding tert-OH is 2. The second kappa shape index (κ2) is 10.1. The van der Waals surface area contributed by atoms with Crippen LogP contribution in [0.2, 0.25) is 0 Å². The average Bonchev–Trinajstić information content (AvgIpc) is 3.59. The number of carbonyl (C=O) groups excluding carboxylic acids is 1. The van der Waals surface area contributed by atoms with Crippen molar-refractivity contribution in [2.24, 2.45) is 0 Å². The van der Waals surface area contributed by atoms with Crippen LogP contribution in [0, 0.1) is 13.8 Å². The van der Waals surface area contributed by atoms with Gasteiger partial charge in [0.1, 0.15) is 5.78 Å². The molecule has 1 saturated carbocycles. The molecule has 2 aliphatic rings. The van der Waals surface area contributed by atoms with Crippen LogP contribution < -0.4 is 14.2 Å². The molecule has 0 radical (unpaired) electrons. The first-order valence-electron chi connectivity index (χ1n) is 12.9. The normalized spacial score (nSPS) is 15.8. The van der Waals surface area contributed by atoms with Crippen LogP contribution in [0.4, 0.5) is 0 Å². The predicted octanol–water partition coefficient (Wildman–Crippen LogP) is 3.56. The predicted molar refractivity (Wildman–Crippen MR) is 146 cm³/mol. The van der Waals surface area contributed by atoms with Crippen molar-refractivity contribution in [3.05, 3.63) is 76.9 Å². The largest absolute Gasteiger partial charge is 0.454 e. The summed E-state index contributed by atoms with van der Waals surface area (Å²) < 4.78 is 39.3. The molecule has 206 valence electrons. The highest BCUT2D eigenvalue weighted by molar-refractivity contribution is 7.89. The molecular formula is C30H33NO7S. The molecule has 5 rings (SSSR count). The lowest BCUT2D eigenvalue weighted by atomic mass is 9.87. The molecule has 0 amide bonds. The van der Waals surface area contributed by atoms with Gasteiger partial charge in [0.2, 0.25) is 16.8 Å². The van der Waals surface area contributed by atoms with Crippen LogP contribution in [0.15, 0.2) is 59.5 Å². The van der Waals surface area contributed by atoms with Crippen molar-refractivity contribution in [2.45, 2.75) is 55.9 Å². The second-order valence-corrected chi connectivity index (χ2v) is 12.5. The number of benzene rings is 3. The summed E-state index contributed by atoms with van der Waals surface area (Å²) in [7, 11) is -3.98. The Labute approximate surface area is 228 Å².